The number of rotatable bonds is 6. The molecule has 3 aliphatic rings. The first-order valence-corrected chi connectivity index (χ1v) is 9.17. The molecular formula is C16H28N4S. The second kappa shape index (κ2) is 6.73. The van der Waals surface area contributed by atoms with Gasteiger partial charge in [-0.05, 0) is 18.9 Å². The van der Waals surface area contributed by atoms with Crippen LogP contribution in [-0.2, 0) is 6.54 Å². The summed E-state index contributed by atoms with van der Waals surface area (Å²) in [4.78, 5) is 11.7. The fourth-order valence-corrected chi connectivity index (χ4v) is 4.65. The molecule has 3 aliphatic heterocycles. The van der Waals surface area contributed by atoms with Gasteiger partial charge in [-0.3, -0.25) is 9.80 Å². The van der Waals surface area contributed by atoms with Gasteiger partial charge in [-0.15, -0.1) is 11.3 Å². The van der Waals surface area contributed by atoms with E-state index in [2.05, 4.69) is 35.9 Å². The first-order valence-electron chi connectivity index (χ1n) is 8.35. The lowest BCUT2D eigenvalue weighted by Crippen LogP contribution is -2.56. The Bertz CT molecular complexity index is 463. The summed E-state index contributed by atoms with van der Waals surface area (Å²) in [5.41, 5.74) is 1.32. The maximum Gasteiger partial charge on any atom is 0.112 e. The predicted molar refractivity (Wildman–Crippen MR) is 89.0 cm³/mol. The number of nitrogens with one attached hydrogen (secondary N) is 1. The molecule has 5 heteroatoms. The highest BCUT2D eigenvalue weighted by atomic mass is 32.1. The number of nitrogens with zero attached hydrogens (tertiary/aromatic N) is 3. The van der Waals surface area contributed by atoms with Crippen LogP contribution in [0.3, 0.4) is 0 Å². The normalized spacial score (nSPS) is 28.5. The highest BCUT2D eigenvalue weighted by molar-refractivity contribution is 7.11. The van der Waals surface area contributed by atoms with Gasteiger partial charge in [0.15, 0.2) is 0 Å². The van der Waals surface area contributed by atoms with Gasteiger partial charge in [0.2, 0.25) is 0 Å². The van der Waals surface area contributed by atoms with Gasteiger partial charge in [0.05, 0.1) is 11.7 Å². The van der Waals surface area contributed by atoms with Crippen LogP contribution in [0.1, 0.15) is 54.7 Å². The van der Waals surface area contributed by atoms with E-state index in [1.54, 1.807) is 0 Å². The molecule has 118 valence electrons. The molecule has 0 amide bonds. The first-order chi connectivity index (χ1) is 10.2. The van der Waals surface area contributed by atoms with Gasteiger partial charge >= 0.3 is 0 Å². The van der Waals surface area contributed by atoms with E-state index >= 15 is 0 Å². The maximum atomic E-state index is 5.04. The Morgan fingerprint density at radius 1 is 1.29 bits per heavy atom. The number of piperazine rings is 3. The van der Waals surface area contributed by atoms with Crippen molar-refractivity contribution in [1.29, 1.82) is 0 Å². The van der Waals surface area contributed by atoms with Crippen molar-refractivity contribution >= 4 is 11.3 Å². The Hall–Kier alpha value is -0.490. The van der Waals surface area contributed by atoms with Crippen molar-refractivity contribution in [3.8, 4) is 0 Å². The highest BCUT2D eigenvalue weighted by Gasteiger charge is 2.35. The van der Waals surface area contributed by atoms with Gasteiger partial charge in [0, 0.05) is 44.1 Å². The van der Waals surface area contributed by atoms with Crippen LogP contribution >= 0.6 is 11.3 Å². The summed E-state index contributed by atoms with van der Waals surface area (Å²) in [6.45, 7) is 14.9. The fraction of sp³-hybridized carbons (Fsp3) is 0.812. The molecule has 21 heavy (non-hydrogen) atoms. The number of fused-ring (bicyclic) bond motifs is 3. The zero-order valence-corrected chi connectivity index (χ0v) is 14.4. The van der Waals surface area contributed by atoms with Crippen molar-refractivity contribution in [3.63, 3.8) is 0 Å². The Balaban J connectivity index is 1.77. The quantitative estimate of drug-likeness (QED) is 0.818. The molecule has 3 saturated heterocycles. The summed E-state index contributed by atoms with van der Waals surface area (Å²) in [7, 11) is 0. The van der Waals surface area contributed by atoms with Crippen molar-refractivity contribution in [2.45, 2.75) is 45.7 Å². The van der Waals surface area contributed by atoms with Crippen LogP contribution in [0.4, 0.5) is 0 Å². The highest BCUT2D eigenvalue weighted by Crippen LogP contribution is 2.34. The standard InChI is InChI=1S/C16H28N4S/c1-4-5-17-10-14-15(12(2)3)18-16(21-14)13-11-19-6-8-20(13)9-7-19/h12-13,17H,4-11H2,1-3H3. The van der Waals surface area contributed by atoms with E-state index in [0.29, 0.717) is 12.0 Å². The lowest BCUT2D eigenvalue weighted by Gasteiger charge is -2.46. The molecule has 0 spiro atoms. The monoisotopic (exact) mass is 308 g/mol. The van der Waals surface area contributed by atoms with Crippen molar-refractivity contribution in [1.82, 2.24) is 20.1 Å². The minimum absolute atomic E-state index is 0.518. The SMILES string of the molecule is CCCNCc1sc(C2CN3CCN2CC3)nc1C(C)C. The third-order valence-corrected chi connectivity index (χ3v) is 5.74. The molecule has 0 saturated carbocycles. The molecule has 2 bridgehead atoms. The zero-order valence-electron chi connectivity index (χ0n) is 13.6. The van der Waals surface area contributed by atoms with Gasteiger partial charge in [0.25, 0.3) is 0 Å². The summed E-state index contributed by atoms with van der Waals surface area (Å²) >= 11 is 1.94. The summed E-state index contributed by atoms with van der Waals surface area (Å²) in [6, 6.07) is 0.537. The number of thiazole rings is 1. The lowest BCUT2D eigenvalue weighted by atomic mass is 10.1. The van der Waals surface area contributed by atoms with Crippen LogP contribution in [0.5, 0.6) is 0 Å². The topological polar surface area (TPSA) is 31.4 Å². The minimum atomic E-state index is 0.518. The van der Waals surface area contributed by atoms with E-state index in [9.17, 15) is 0 Å². The predicted octanol–water partition coefficient (Wildman–Crippen LogP) is 2.44. The molecule has 1 atom stereocenters. The summed E-state index contributed by atoms with van der Waals surface area (Å²) in [6.07, 6.45) is 1.19. The van der Waals surface area contributed by atoms with Gasteiger partial charge in [-0.1, -0.05) is 20.8 Å². The van der Waals surface area contributed by atoms with Gasteiger partial charge in [0.1, 0.15) is 5.01 Å². The minimum Gasteiger partial charge on any atom is -0.312 e. The van der Waals surface area contributed by atoms with Gasteiger partial charge < -0.3 is 5.32 Å². The Labute approximate surface area is 132 Å². The van der Waals surface area contributed by atoms with Crippen molar-refractivity contribution < 1.29 is 0 Å². The molecule has 1 aromatic rings. The first kappa shape index (κ1) is 15.4. The van der Waals surface area contributed by atoms with Gasteiger partial charge in [-0.2, -0.15) is 0 Å². The largest absolute Gasteiger partial charge is 0.312 e. The lowest BCUT2D eigenvalue weighted by molar-refractivity contribution is 0.0122. The third-order valence-electron chi connectivity index (χ3n) is 4.57. The summed E-state index contributed by atoms with van der Waals surface area (Å²) in [5.74, 6) is 0.518. The molecule has 0 aromatic carbocycles. The van der Waals surface area contributed by atoms with E-state index in [1.165, 1.54) is 54.7 Å². The average Bonchev–Trinajstić information content (AvgIpc) is 2.93. The molecule has 4 rings (SSSR count). The van der Waals surface area contributed by atoms with E-state index in [4.69, 9.17) is 4.98 Å². The van der Waals surface area contributed by atoms with Crippen LogP contribution < -0.4 is 5.32 Å². The van der Waals surface area contributed by atoms with Crippen molar-refractivity contribution in [2.24, 2.45) is 0 Å². The number of aromatic nitrogens is 1. The number of hydrogen-bond donors (Lipinski definition) is 1. The molecule has 1 N–H and O–H groups in total. The zero-order chi connectivity index (χ0) is 14.8. The van der Waals surface area contributed by atoms with Crippen molar-refractivity contribution in [2.75, 3.05) is 39.3 Å². The van der Waals surface area contributed by atoms with Crippen LogP contribution in [0.2, 0.25) is 0 Å². The van der Waals surface area contributed by atoms with Crippen LogP contribution in [0, 0.1) is 0 Å². The van der Waals surface area contributed by atoms with E-state index in [-0.39, 0.29) is 0 Å². The van der Waals surface area contributed by atoms with Crippen LogP contribution in [0.15, 0.2) is 0 Å². The average molecular weight is 308 g/mol. The second-order valence-corrected chi connectivity index (χ2v) is 7.66. The molecule has 4 heterocycles. The van der Waals surface area contributed by atoms with Crippen LogP contribution in [-0.4, -0.2) is 54.1 Å². The fourth-order valence-electron chi connectivity index (χ4n) is 3.33. The van der Waals surface area contributed by atoms with Crippen LogP contribution in [0.25, 0.3) is 0 Å². The smallest absolute Gasteiger partial charge is 0.112 e. The van der Waals surface area contributed by atoms with E-state index in [0.717, 1.165) is 13.1 Å². The summed E-state index contributed by atoms with van der Waals surface area (Å²) in [5, 5.41) is 4.89. The molecule has 0 radical (unpaired) electrons. The molecule has 1 unspecified atom stereocenters. The molecule has 1 aromatic heterocycles. The van der Waals surface area contributed by atoms with E-state index in [1.807, 2.05) is 11.3 Å². The molecule has 0 aliphatic carbocycles. The van der Waals surface area contributed by atoms with Crippen molar-refractivity contribution in [3.05, 3.63) is 15.6 Å². The van der Waals surface area contributed by atoms with Gasteiger partial charge in [-0.25, -0.2) is 4.98 Å². The molecular weight excluding hydrogens is 280 g/mol. The summed E-state index contributed by atoms with van der Waals surface area (Å²) < 4.78 is 0. The Morgan fingerprint density at radius 3 is 2.62 bits per heavy atom. The van der Waals surface area contributed by atoms with E-state index < -0.39 is 0 Å². The molecule has 3 fully saturated rings. The third kappa shape index (κ3) is 3.31. The Kier molecular flexibility index (Phi) is 4.94. The maximum absolute atomic E-state index is 5.04. The second-order valence-electron chi connectivity index (χ2n) is 6.54. The Morgan fingerprint density at radius 2 is 2.05 bits per heavy atom. The molecule has 4 nitrogen and oxygen atoms in total. The number of hydrogen-bond acceptors (Lipinski definition) is 5.